The van der Waals surface area contributed by atoms with E-state index in [2.05, 4.69) is 49.1 Å². The molecule has 1 heterocycles. The predicted octanol–water partition coefficient (Wildman–Crippen LogP) is 5.26. The number of aromatic nitrogens is 1. The van der Waals surface area contributed by atoms with Crippen LogP contribution in [0.4, 0.5) is 11.5 Å². The maximum Gasteiger partial charge on any atom is 0.262 e. The first-order valence-electron chi connectivity index (χ1n) is 10.5. The van der Waals surface area contributed by atoms with Crippen molar-refractivity contribution in [3.63, 3.8) is 0 Å². The molecule has 0 unspecified atom stereocenters. The molecule has 3 rings (SSSR count). The summed E-state index contributed by atoms with van der Waals surface area (Å²) in [4.78, 5) is 21.6. The maximum absolute atomic E-state index is 12.4. The van der Waals surface area contributed by atoms with Crippen LogP contribution in [0.3, 0.4) is 0 Å². The molecular weight excluding hydrogens is 447 g/mol. The standard InChI is InChI=1S/C24H28Cl2N4O2/c1-5-30(11-10-29(3)4)23-12-16(2)19-14-18(7-8-21(19)28-23)27-24(31)15-32-22-9-6-17(25)13-20(22)26/h6-9,12-14H,5,10-11,15H2,1-4H3,(H,27,31). The summed E-state index contributed by atoms with van der Waals surface area (Å²) >= 11 is 12.0. The molecule has 1 amide bonds. The van der Waals surface area contributed by atoms with E-state index >= 15 is 0 Å². The molecule has 0 aliphatic rings. The van der Waals surface area contributed by atoms with Gasteiger partial charge in [0.2, 0.25) is 0 Å². The fraction of sp³-hybridized carbons (Fsp3) is 0.333. The van der Waals surface area contributed by atoms with Gasteiger partial charge in [0.05, 0.1) is 10.5 Å². The number of pyridine rings is 1. The highest BCUT2D eigenvalue weighted by atomic mass is 35.5. The summed E-state index contributed by atoms with van der Waals surface area (Å²) in [5.74, 6) is 1.09. The molecular formula is C24H28Cl2N4O2. The van der Waals surface area contributed by atoms with Crippen molar-refractivity contribution in [3.8, 4) is 5.75 Å². The van der Waals surface area contributed by atoms with Gasteiger partial charge in [0.1, 0.15) is 11.6 Å². The third-order valence-corrected chi connectivity index (χ3v) is 5.59. The van der Waals surface area contributed by atoms with E-state index in [0.717, 1.165) is 41.9 Å². The zero-order valence-corrected chi connectivity index (χ0v) is 20.3. The van der Waals surface area contributed by atoms with E-state index in [4.69, 9.17) is 32.9 Å². The molecule has 0 aliphatic heterocycles. The number of rotatable bonds is 9. The van der Waals surface area contributed by atoms with Crippen LogP contribution in [0.5, 0.6) is 5.75 Å². The molecule has 1 N–H and O–H groups in total. The quantitative estimate of drug-likeness (QED) is 0.458. The van der Waals surface area contributed by atoms with Gasteiger partial charge in [-0.15, -0.1) is 0 Å². The number of carbonyl (C=O) groups excluding carboxylic acids is 1. The van der Waals surface area contributed by atoms with Gasteiger partial charge >= 0.3 is 0 Å². The zero-order valence-electron chi connectivity index (χ0n) is 18.8. The summed E-state index contributed by atoms with van der Waals surface area (Å²) in [6, 6.07) is 12.7. The van der Waals surface area contributed by atoms with Crippen molar-refractivity contribution in [1.82, 2.24) is 9.88 Å². The second-order valence-electron chi connectivity index (χ2n) is 7.82. The first kappa shape index (κ1) is 24.1. The van der Waals surface area contributed by atoms with Crippen molar-refractivity contribution in [3.05, 3.63) is 58.1 Å². The molecule has 0 saturated carbocycles. The third kappa shape index (κ3) is 6.25. The topological polar surface area (TPSA) is 57.7 Å². The van der Waals surface area contributed by atoms with Gasteiger partial charge in [-0.05, 0) is 76.0 Å². The number of fused-ring (bicyclic) bond motifs is 1. The predicted molar refractivity (Wildman–Crippen MR) is 134 cm³/mol. The minimum atomic E-state index is -0.279. The van der Waals surface area contributed by atoms with Crippen LogP contribution in [0.1, 0.15) is 12.5 Å². The highest BCUT2D eigenvalue weighted by Gasteiger charge is 2.12. The summed E-state index contributed by atoms with van der Waals surface area (Å²) in [6.07, 6.45) is 0. The number of amides is 1. The Morgan fingerprint density at radius 2 is 1.88 bits per heavy atom. The Kier molecular flexibility index (Phi) is 8.18. The largest absolute Gasteiger partial charge is 0.482 e. The summed E-state index contributed by atoms with van der Waals surface area (Å²) in [5, 5.41) is 4.73. The molecule has 0 aliphatic carbocycles. The van der Waals surface area contributed by atoms with E-state index in [1.165, 1.54) is 0 Å². The smallest absolute Gasteiger partial charge is 0.262 e. The summed E-state index contributed by atoms with van der Waals surface area (Å²) < 4.78 is 5.51. The number of carbonyl (C=O) groups is 1. The second kappa shape index (κ2) is 10.9. The van der Waals surface area contributed by atoms with Crippen LogP contribution in [0.25, 0.3) is 10.9 Å². The number of ether oxygens (including phenoxy) is 1. The van der Waals surface area contributed by atoms with Crippen LogP contribution in [-0.4, -0.2) is 56.1 Å². The van der Waals surface area contributed by atoms with E-state index < -0.39 is 0 Å². The molecule has 0 radical (unpaired) electrons. The van der Waals surface area contributed by atoms with Crippen molar-refractivity contribution < 1.29 is 9.53 Å². The Hall–Kier alpha value is -2.54. The van der Waals surface area contributed by atoms with E-state index in [1.807, 2.05) is 18.2 Å². The number of hydrogen-bond donors (Lipinski definition) is 1. The van der Waals surface area contributed by atoms with Gasteiger partial charge in [-0.3, -0.25) is 4.79 Å². The maximum atomic E-state index is 12.4. The first-order valence-corrected chi connectivity index (χ1v) is 11.2. The lowest BCUT2D eigenvalue weighted by molar-refractivity contribution is -0.118. The lowest BCUT2D eigenvalue weighted by Gasteiger charge is -2.24. The number of aryl methyl sites for hydroxylation is 1. The van der Waals surface area contributed by atoms with E-state index in [-0.39, 0.29) is 12.5 Å². The Morgan fingerprint density at radius 3 is 2.56 bits per heavy atom. The molecule has 0 fully saturated rings. The van der Waals surface area contributed by atoms with E-state index in [1.54, 1.807) is 18.2 Å². The Bertz CT molecular complexity index is 1100. The summed E-state index contributed by atoms with van der Waals surface area (Å²) in [7, 11) is 4.13. The van der Waals surface area contributed by atoms with Crippen molar-refractivity contribution in [2.45, 2.75) is 13.8 Å². The van der Waals surface area contributed by atoms with Crippen LogP contribution >= 0.6 is 23.2 Å². The summed E-state index contributed by atoms with van der Waals surface area (Å²) in [6.45, 7) is 6.79. The Labute approximate surface area is 199 Å². The van der Waals surface area contributed by atoms with Crippen LogP contribution in [0, 0.1) is 6.92 Å². The van der Waals surface area contributed by atoms with Gasteiger partial charge in [-0.1, -0.05) is 23.2 Å². The monoisotopic (exact) mass is 474 g/mol. The van der Waals surface area contributed by atoms with Crippen LogP contribution in [0.2, 0.25) is 10.0 Å². The number of benzene rings is 2. The molecule has 0 spiro atoms. The molecule has 0 saturated heterocycles. The normalized spacial score (nSPS) is 11.1. The SMILES string of the molecule is CCN(CCN(C)C)c1cc(C)c2cc(NC(=O)COc3ccc(Cl)cc3Cl)ccc2n1. The van der Waals surface area contributed by atoms with Gasteiger partial charge in [0.25, 0.3) is 5.91 Å². The van der Waals surface area contributed by atoms with Crippen molar-refractivity contribution in [1.29, 1.82) is 0 Å². The average molecular weight is 475 g/mol. The number of likely N-dealkylation sites (N-methyl/N-ethyl adjacent to an activating group) is 2. The molecule has 6 nitrogen and oxygen atoms in total. The number of nitrogens with zero attached hydrogens (tertiary/aromatic N) is 3. The molecule has 32 heavy (non-hydrogen) atoms. The molecule has 1 aromatic heterocycles. The van der Waals surface area contributed by atoms with Crippen molar-refractivity contribution in [2.75, 3.05) is 50.6 Å². The Balaban J connectivity index is 1.70. The molecule has 170 valence electrons. The average Bonchev–Trinajstić information content (AvgIpc) is 2.74. The van der Waals surface area contributed by atoms with Gasteiger partial charge < -0.3 is 19.9 Å². The molecule has 2 aromatic carbocycles. The van der Waals surface area contributed by atoms with E-state index in [9.17, 15) is 4.79 Å². The molecule has 3 aromatic rings. The van der Waals surface area contributed by atoms with Crippen molar-refractivity contribution in [2.24, 2.45) is 0 Å². The van der Waals surface area contributed by atoms with Gasteiger partial charge in [-0.2, -0.15) is 0 Å². The van der Waals surface area contributed by atoms with Crippen molar-refractivity contribution >= 4 is 51.5 Å². The second-order valence-corrected chi connectivity index (χ2v) is 8.67. The number of anilines is 2. The van der Waals surface area contributed by atoms with E-state index in [0.29, 0.717) is 21.5 Å². The highest BCUT2D eigenvalue weighted by molar-refractivity contribution is 6.35. The lowest BCUT2D eigenvalue weighted by atomic mass is 10.1. The zero-order chi connectivity index (χ0) is 23.3. The number of halogens is 2. The van der Waals surface area contributed by atoms with Gasteiger partial charge in [0, 0.05) is 35.7 Å². The minimum Gasteiger partial charge on any atom is -0.482 e. The molecule has 8 heteroatoms. The number of hydrogen-bond acceptors (Lipinski definition) is 5. The van der Waals surface area contributed by atoms with Crippen LogP contribution in [0.15, 0.2) is 42.5 Å². The fourth-order valence-corrected chi connectivity index (χ4v) is 3.77. The Morgan fingerprint density at radius 1 is 1.09 bits per heavy atom. The van der Waals surface area contributed by atoms with Gasteiger partial charge in [-0.25, -0.2) is 4.98 Å². The molecule has 0 atom stereocenters. The summed E-state index contributed by atoms with van der Waals surface area (Å²) in [5.41, 5.74) is 2.69. The number of nitrogens with one attached hydrogen (secondary N) is 1. The minimum absolute atomic E-state index is 0.160. The van der Waals surface area contributed by atoms with Gasteiger partial charge in [0.15, 0.2) is 6.61 Å². The lowest BCUT2D eigenvalue weighted by Crippen LogP contribution is -2.32. The molecule has 0 bridgehead atoms. The highest BCUT2D eigenvalue weighted by Crippen LogP contribution is 2.28. The first-order chi connectivity index (χ1) is 15.3. The van der Waals surface area contributed by atoms with Crippen LogP contribution in [-0.2, 0) is 4.79 Å². The third-order valence-electron chi connectivity index (χ3n) is 5.06. The fourth-order valence-electron chi connectivity index (χ4n) is 3.30. The van der Waals surface area contributed by atoms with Crippen LogP contribution < -0.4 is 15.0 Å².